The monoisotopic (exact) mass is 283 g/mol. The van der Waals surface area contributed by atoms with Gasteiger partial charge in [-0.05, 0) is 49.1 Å². The van der Waals surface area contributed by atoms with E-state index in [2.05, 4.69) is 0 Å². The zero-order valence-electron chi connectivity index (χ0n) is 11.8. The lowest BCUT2D eigenvalue weighted by molar-refractivity contribution is 0.0611. The number of carbonyl (C=O) groups is 1. The molecule has 3 heteroatoms. The Balaban J connectivity index is 1.88. The molecule has 1 heterocycles. The second kappa shape index (κ2) is 6.08. The molecule has 1 amide bonds. The van der Waals surface area contributed by atoms with Crippen LogP contribution in [0.2, 0.25) is 0 Å². The van der Waals surface area contributed by atoms with Gasteiger partial charge in [-0.15, -0.1) is 0 Å². The SMILES string of the molecule is O=C(c1ccccc1)N1CCCC[C@@H]1c1ccc(F)cc1. The van der Waals surface area contributed by atoms with Crippen LogP contribution < -0.4 is 0 Å². The molecule has 1 aliphatic heterocycles. The third kappa shape index (κ3) is 2.97. The lowest BCUT2D eigenvalue weighted by Gasteiger charge is -2.36. The normalized spacial score (nSPS) is 18.5. The highest BCUT2D eigenvalue weighted by atomic mass is 19.1. The van der Waals surface area contributed by atoms with Crippen molar-refractivity contribution < 1.29 is 9.18 Å². The van der Waals surface area contributed by atoms with Crippen LogP contribution in [0.3, 0.4) is 0 Å². The first-order chi connectivity index (χ1) is 10.3. The Kier molecular flexibility index (Phi) is 4.00. The van der Waals surface area contributed by atoms with Crippen LogP contribution in [0.15, 0.2) is 54.6 Å². The van der Waals surface area contributed by atoms with E-state index in [1.165, 1.54) is 12.1 Å². The fraction of sp³-hybridized carbons (Fsp3) is 0.278. The maximum absolute atomic E-state index is 13.1. The third-order valence-electron chi connectivity index (χ3n) is 4.04. The van der Waals surface area contributed by atoms with E-state index in [4.69, 9.17) is 0 Å². The summed E-state index contributed by atoms with van der Waals surface area (Å²) in [5, 5.41) is 0. The van der Waals surface area contributed by atoms with Gasteiger partial charge in [0.2, 0.25) is 0 Å². The average Bonchev–Trinajstić information content (AvgIpc) is 2.56. The molecule has 0 spiro atoms. The summed E-state index contributed by atoms with van der Waals surface area (Å²) in [4.78, 5) is 14.6. The topological polar surface area (TPSA) is 20.3 Å². The van der Waals surface area contributed by atoms with E-state index in [-0.39, 0.29) is 17.8 Å². The van der Waals surface area contributed by atoms with Crippen LogP contribution in [0.25, 0.3) is 0 Å². The number of hydrogen-bond donors (Lipinski definition) is 0. The molecule has 0 radical (unpaired) electrons. The Bertz CT molecular complexity index is 609. The number of halogens is 1. The Morgan fingerprint density at radius 1 is 1.00 bits per heavy atom. The van der Waals surface area contributed by atoms with Crippen molar-refractivity contribution in [3.05, 3.63) is 71.5 Å². The Hall–Kier alpha value is -2.16. The number of nitrogens with zero attached hydrogens (tertiary/aromatic N) is 1. The van der Waals surface area contributed by atoms with Gasteiger partial charge in [-0.3, -0.25) is 4.79 Å². The summed E-state index contributed by atoms with van der Waals surface area (Å²) in [5.74, 6) is -0.180. The third-order valence-corrected chi connectivity index (χ3v) is 4.04. The molecule has 2 nitrogen and oxygen atoms in total. The van der Waals surface area contributed by atoms with Gasteiger partial charge < -0.3 is 4.90 Å². The van der Waals surface area contributed by atoms with Crippen molar-refractivity contribution in [2.75, 3.05) is 6.54 Å². The minimum absolute atomic E-state index is 0.0482. The highest BCUT2D eigenvalue weighted by molar-refractivity contribution is 5.94. The molecule has 0 saturated carbocycles. The molecule has 3 rings (SSSR count). The van der Waals surface area contributed by atoms with Crippen molar-refractivity contribution >= 4 is 5.91 Å². The molecule has 108 valence electrons. The minimum Gasteiger partial charge on any atom is -0.332 e. The maximum atomic E-state index is 13.1. The summed E-state index contributed by atoms with van der Waals surface area (Å²) in [6.07, 6.45) is 3.06. The Morgan fingerprint density at radius 3 is 2.43 bits per heavy atom. The van der Waals surface area contributed by atoms with Gasteiger partial charge in [0.05, 0.1) is 6.04 Å². The van der Waals surface area contributed by atoms with E-state index in [0.29, 0.717) is 5.56 Å². The molecule has 0 unspecified atom stereocenters. The number of amides is 1. The molecule has 21 heavy (non-hydrogen) atoms. The predicted molar refractivity (Wildman–Crippen MR) is 80.5 cm³/mol. The maximum Gasteiger partial charge on any atom is 0.254 e. The van der Waals surface area contributed by atoms with Crippen molar-refractivity contribution in [2.45, 2.75) is 25.3 Å². The van der Waals surface area contributed by atoms with Gasteiger partial charge in [0.1, 0.15) is 5.82 Å². The molecular weight excluding hydrogens is 265 g/mol. The number of rotatable bonds is 2. The van der Waals surface area contributed by atoms with Crippen molar-refractivity contribution in [1.82, 2.24) is 4.90 Å². The molecule has 1 saturated heterocycles. The van der Waals surface area contributed by atoms with E-state index in [0.717, 1.165) is 31.4 Å². The first-order valence-electron chi connectivity index (χ1n) is 7.37. The van der Waals surface area contributed by atoms with E-state index >= 15 is 0 Å². The summed E-state index contributed by atoms with van der Waals surface area (Å²) in [6.45, 7) is 0.760. The van der Waals surface area contributed by atoms with Gasteiger partial charge >= 0.3 is 0 Å². The van der Waals surface area contributed by atoms with Crippen molar-refractivity contribution in [1.29, 1.82) is 0 Å². The molecule has 1 fully saturated rings. The van der Waals surface area contributed by atoms with Crippen molar-refractivity contribution in [2.24, 2.45) is 0 Å². The van der Waals surface area contributed by atoms with Gasteiger partial charge in [-0.1, -0.05) is 30.3 Å². The van der Waals surface area contributed by atoms with Gasteiger partial charge in [0, 0.05) is 12.1 Å². The molecule has 0 bridgehead atoms. The lowest BCUT2D eigenvalue weighted by Crippen LogP contribution is -2.38. The fourth-order valence-electron chi connectivity index (χ4n) is 2.95. The van der Waals surface area contributed by atoms with E-state index in [9.17, 15) is 9.18 Å². The standard InChI is InChI=1S/C18H18FNO/c19-16-11-9-14(10-12-16)17-8-4-5-13-20(17)18(21)15-6-2-1-3-7-15/h1-3,6-7,9-12,17H,4-5,8,13H2/t17-/m1/s1. The molecule has 0 aromatic heterocycles. The van der Waals surface area contributed by atoms with Gasteiger partial charge in [-0.2, -0.15) is 0 Å². The zero-order chi connectivity index (χ0) is 14.7. The Morgan fingerprint density at radius 2 is 1.71 bits per heavy atom. The number of hydrogen-bond acceptors (Lipinski definition) is 1. The lowest BCUT2D eigenvalue weighted by atomic mass is 9.94. The van der Waals surface area contributed by atoms with Crippen LogP contribution in [-0.4, -0.2) is 17.4 Å². The largest absolute Gasteiger partial charge is 0.332 e. The van der Waals surface area contributed by atoms with Gasteiger partial charge in [0.25, 0.3) is 5.91 Å². The van der Waals surface area contributed by atoms with Crippen LogP contribution in [-0.2, 0) is 0 Å². The summed E-state index contributed by atoms with van der Waals surface area (Å²) in [6, 6.07) is 15.9. The van der Waals surface area contributed by atoms with Crippen LogP contribution in [0, 0.1) is 5.82 Å². The highest BCUT2D eigenvalue weighted by Gasteiger charge is 2.28. The van der Waals surface area contributed by atoms with Crippen LogP contribution in [0.1, 0.15) is 41.2 Å². The average molecular weight is 283 g/mol. The van der Waals surface area contributed by atoms with Gasteiger partial charge in [0.15, 0.2) is 0 Å². The zero-order valence-corrected chi connectivity index (χ0v) is 11.8. The molecule has 0 aliphatic carbocycles. The summed E-state index contributed by atoms with van der Waals surface area (Å²) in [5.41, 5.74) is 1.73. The summed E-state index contributed by atoms with van der Waals surface area (Å²) in [7, 11) is 0. The van der Waals surface area contributed by atoms with Crippen molar-refractivity contribution in [3.8, 4) is 0 Å². The van der Waals surface area contributed by atoms with E-state index in [1.807, 2.05) is 35.2 Å². The molecular formula is C18H18FNO. The van der Waals surface area contributed by atoms with Crippen molar-refractivity contribution in [3.63, 3.8) is 0 Å². The number of carbonyl (C=O) groups excluding carboxylic acids is 1. The first-order valence-corrected chi connectivity index (χ1v) is 7.37. The molecule has 2 aromatic rings. The second-order valence-electron chi connectivity index (χ2n) is 5.43. The van der Waals surface area contributed by atoms with E-state index in [1.54, 1.807) is 12.1 Å². The number of likely N-dealkylation sites (tertiary alicyclic amines) is 1. The second-order valence-corrected chi connectivity index (χ2v) is 5.43. The van der Waals surface area contributed by atoms with Crippen LogP contribution >= 0.6 is 0 Å². The Labute approximate surface area is 124 Å². The quantitative estimate of drug-likeness (QED) is 0.809. The number of benzene rings is 2. The van der Waals surface area contributed by atoms with E-state index < -0.39 is 0 Å². The molecule has 1 atom stereocenters. The molecule has 1 aliphatic rings. The predicted octanol–water partition coefficient (Wildman–Crippen LogP) is 4.19. The fourth-order valence-corrected chi connectivity index (χ4v) is 2.95. The molecule has 2 aromatic carbocycles. The smallest absolute Gasteiger partial charge is 0.254 e. The van der Waals surface area contributed by atoms with Crippen LogP contribution in [0.4, 0.5) is 4.39 Å². The van der Waals surface area contributed by atoms with Gasteiger partial charge in [-0.25, -0.2) is 4.39 Å². The molecule has 0 N–H and O–H groups in total. The number of piperidine rings is 1. The van der Waals surface area contributed by atoms with Crippen LogP contribution in [0.5, 0.6) is 0 Å². The minimum atomic E-state index is -0.240. The summed E-state index contributed by atoms with van der Waals surface area (Å²) >= 11 is 0. The first kappa shape index (κ1) is 13.8. The highest BCUT2D eigenvalue weighted by Crippen LogP contribution is 2.32. The summed E-state index contributed by atoms with van der Waals surface area (Å²) < 4.78 is 13.1.